The number of fused-ring (bicyclic) bond motifs is 7. The zero-order valence-electron chi connectivity index (χ0n) is 29.0. The van der Waals surface area contributed by atoms with E-state index in [0.29, 0.717) is 29.6 Å². The van der Waals surface area contributed by atoms with E-state index in [1.807, 2.05) is 0 Å². The maximum Gasteiger partial charge on any atom is 0.302 e. The fourth-order valence-corrected chi connectivity index (χ4v) is 13.2. The zero-order valence-corrected chi connectivity index (χ0v) is 29.0. The molecule has 1 saturated heterocycles. The number of esters is 1. The number of ether oxygens (including phenoxy) is 2. The summed E-state index contributed by atoms with van der Waals surface area (Å²) in [5.41, 5.74) is 1.91. The molecule has 1 aliphatic heterocycles. The van der Waals surface area contributed by atoms with E-state index in [4.69, 9.17) is 9.47 Å². The van der Waals surface area contributed by atoms with Crippen molar-refractivity contribution in [3.05, 3.63) is 12.2 Å². The lowest BCUT2D eigenvalue weighted by Gasteiger charge is -2.73. The highest BCUT2D eigenvalue weighted by atomic mass is 16.5. The molecule has 5 saturated carbocycles. The standard InChI is InChI=1S/C39H61NO4/c1-26(2)28-13-18-39(32(42)10-9-21-40-22-24-43-25-23-40)20-19-37(7)29(34(28)39)11-12-31-36(6)16-15-33(44-27(3)41)35(4,5)30(36)14-17-38(31,37)8/h28-34,42H,1,11-25H2,2-8H3/t28-,29+,30-,31+,32-,33-,34+,36-,37+,38+,39+/m0/s1. The smallest absolute Gasteiger partial charge is 0.302 e. The summed E-state index contributed by atoms with van der Waals surface area (Å²) in [5.74, 6) is 9.44. The molecule has 5 aliphatic carbocycles. The van der Waals surface area contributed by atoms with Gasteiger partial charge in [-0.2, -0.15) is 0 Å². The number of aliphatic hydroxyl groups is 1. The molecule has 0 bridgehead atoms. The lowest BCUT2D eigenvalue weighted by atomic mass is 9.32. The number of rotatable bonds is 4. The predicted molar refractivity (Wildman–Crippen MR) is 176 cm³/mol. The zero-order chi connectivity index (χ0) is 31.7. The summed E-state index contributed by atoms with van der Waals surface area (Å²) in [6.45, 7) is 25.2. The van der Waals surface area contributed by atoms with Crippen LogP contribution in [-0.2, 0) is 14.3 Å². The first kappa shape index (κ1) is 32.6. The Hall–Kier alpha value is -1.35. The molecule has 44 heavy (non-hydrogen) atoms. The molecule has 0 radical (unpaired) electrons. The van der Waals surface area contributed by atoms with E-state index in [1.165, 1.54) is 37.7 Å². The normalized spacial score (nSPS) is 47.1. The van der Waals surface area contributed by atoms with Crippen LogP contribution >= 0.6 is 0 Å². The first-order chi connectivity index (χ1) is 20.7. The number of allylic oxidation sites excluding steroid dienone is 1. The van der Waals surface area contributed by atoms with Gasteiger partial charge in [0, 0.05) is 30.8 Å². The highest BCUT2D eigenvalue weighted by Crippen LogP contribution is 2.78. The number of morpholine rings is 1. The molecule has 5 heteroatoms. The molecule has 1 N–H and O–H groups in total. The molecule has 0 unspecified atom stereocenters. The van der Waals surface area contributed by atoms with Crippen molar-refractivity contribution in [3.8, 4) is 11.8 Å². The summed E-state index contributed by atoms with van der Waals surface area (Å²) in [6.07, 6.45) is 11.0. The monoisotopic (exact) mass is 607 g/mol. The van der Waals surface area contributed by atoms with Gasteiger partial charge in [0.1, 0.15) is 12.2 Å². The third-order valence-corrected chi connectivity index (χ3v) is 15.6. The van der Waals surface area contributed by atoms with Gasteiger partial charge < -0.3 is 14.6 Å². The second-order valence-electron chi connectivity index (χ2n) is 17.5. The van der Waals surface area contributed by atoms with Crippen LogP contribution in [0.3, 0.4) is 0 Å². The SMILES string of the molecule is C=C(C)[C@@H]1CC[C@]2([C@@H](O)C#CCN3CCOCC3)CC[C@]3(C)[C@H](CC[C@@H]4[C@@]5(C)CC[C@H](OC(C)=O)C(C)(C)[C@@H]5CC[C@]43C)[C@@H]12. The first-order valence-electron chi connectivity index (χ1n) is 18.0. The summed E-state index contributed by atoms with van der Waals surface area (Å²) in [7, 11) is 0. The van der Waals surface area contributed by atoms with Gasteiger partial charge in [0.05, 0.1) is 19.8 Å². The number of hydrogen-bond acceptors (Lipinski definition) is 5. The van der Waals surface area contributed by atoms with Crippen molar-refractivity contribution in [1.29, 1.82) is 0 Å². The van der Waals surface area contributed by atoms with Crippen molar-refractivity contribution in [1.82, 2.24) is 4.90 Å². The Labute approximate surface area is 268 Å². The summed E-state index contributed by atoms with van der Waals surface area (Å²) >= 11 is 0. The molecule has 246 valence electrons. The number of carbonyl (C=O) groups excluding carboxylic acids is 1. The Morgan fingerprint density at radius 3 is 2.34 bits per heavy atom. The van der Waals surface area contributed by atoms with Crippen LogP contribution in [0.15, 0.2) is 12.2 Å². The van der Waals surface area contributed by atoms with Crippen LogP contribution in [0.2, 0.25) is 0 Å². The van der Waals surface area contributed by atoms with Crippen molar-refractivity contribution in [2.45, 2.75) is 125 Å². The quantitative estimate of drug-likeness (QED) is 0.207. The minimum atomic E-state index is -0.571. The molecule has 6 aliphatic rings. The maximum absolute atomic E-state index is 12.0. The Bertz CT molecular complexity index is 1190. The largest absolute Gasteiger partial charge is 0.462 e. The van der Waals surface area contributed by atoms with Crippen molar-refractivity contribution < 1.29 is 19.4 Å². The van der Waals surface area contributed by atoms with Crippen LogP contribution in [0.4, 0.5) is 0 Å². The Balaban J connectivity index is 1.29. The van der Waals surface area contributed by atoms with Crippen LogP contribution in [0.5, 0.6) is 0 Å². The van der Waals surface area contributed by atoms with Gasteiger partial charge in [-0.15, -0.1) is 0 Å². The molecule has 6 rings (SSSR count). The van der Waals surface area contributed by atoms with Gasteiger partial charge >= 0.3 is 5.97 Å². The predicted octanol–water partition coefficient (Wildman–Crippen LogP) is 7.27. The third kappa shape index (κ3) is 4.78. The van der Waals surface area contributed by atoms with E-state index in [2.05, 4.69) is 64.9 Å². The molecular formula is C39H61NO4. The van der Waals surface area contributed by atoms with Crippen LogP contribution in [0.1, 0.15) is 113 Å². The summed E-state index contributed by atoms with van der Waals surface area (Å²) < 4.78 is 11.5. The van der Waals surface area contributed by atoms with Gasteiger partial charge in [0.2, 0.25) is 0 Å². The number of carbonyl (C=O) groups is 1. The van der Waals surface area contributed by atoms with E-state index < -0.39 is 6.10 Å². The molecule has 6 fully saturated rings. The Morgan fingerprint density at radius 1 is 0.932 bits per heavy atom. The van der Waals surface area contributed by atoms with E-state index in [0.717, 1.165) is 65.0 Å². The fourth-order valence-electron chi connectivity index (χ4n) is 13.2. The molecule has 11 atom stereocenters. The summed E-state index contributed by atoms with van der Waals surface area (Å²) in [5, 5.41) is 12.0. The van der Waals surface area contributed by atoms with Gasteiger partial charge in [-0.1, -0.05) is 58.6 Å². The highest BCUT2D eigenvalue weighted by molar-refractivity contribution is 5.66. The minimum Gasteiger partial charge on any atom is -0.462 e. The second-order valence-corrected chi connectivity index (χ2v) is 17.5. The van der Waals surface area contributed by atoms with E-state index in [-0.39, 0.29) is 39.1 Å². The van der Waals surface area contributed by atoms with Crippen LogP contribution < -0.4 is 0 Å². The van der Waals surface area contributed by atoms with Crippen molar-refractivity contribution in [2.24, 2.45) is 56.7 Å². The lowest BCUT2D eigenvalue weighted by Crippen LogP contribution is -2.67. The first-order valence-corrected chi connectivity index (χ1v) is 18.0. The van der Waals surface area contributed by atoms with Crippen LogP contribution in [0.25, 0.3) is 0 Å². The minimum absolute atomic E-state index is 0.0139. The maximum atomic E-state index is 12.0. The molecule has 0 amide bonds. The topological polar surface area (TPSA) is 59.0 Å². The highest BCUT2D eigenvalue weighted by Gasteiger charge is 2.71. The number of hydrogen-bond donors (Lipinski definition) is 1. The Kier molecular flexibility index (Phi) is 8.45. The lowest BCUT2D eigenvalue weighted by molar-refractivity contribution is -0.253. The third-order valence-electron chi connectivity index (χ3n) is 15.6. The van der Waals surface area contributed by atoms with Gasteiger partial charge in [0.25, 0.3) is 0 Å². The van der Waals surface area contributed by atoms with E-state index in [1.54, 1.807) is 6.92 Å². The average Bonchev–Trinajstić information content (AvgIpc) is 3.37. The second kappa shape index (κ2) is 11.4. The molecule has 1 heterocycles. The number of nitrogens with zero attached hydrogens (tertiary/aromatic N) is 1. The molecule has 0 aromatic rings. The van der Waals surface area contributed by atoms with Gasteiger partial charge in [-0.05, 0) is 117 Å². The van der Waals surface area contributed by atoms with Gasteiger partial charge in [-0.3, -0.25) is 9.69 Å². The summed E-state index contributed by atoms with van der Waals surface area (Å²) in [4.78, 5) is 14.4. The van der Waals surface area contributed by atoms with Gasteiger partial charge in [0.15, 0.2) is 0 Å². The molecule has 0 aromatic carbocycles. The van der Waals surface area contributed by atoms with Crippen LogP contribution in [-0.4, -0.2) is 61.0 Å². The Morgan fingerprint density at radius 2 is 1.66 bits per heavy atom. The van der Waals surface area contributed by atoms with Crippen molar-refractivity contribution >= 4 is 5.97 Å². The van der Waals surface area contributed by atoms with E-state index >= 15 is 0 Å². The van der Waals surface area contributed by atoms with Crippen LogP contribution in [0, 0.1) is 68.5 Å². The average molecular weight is 608 g/mol. The molecule has 5 nitrogen and oxygen atoms in total. The van der Waals surface area contributed by atoms with Crippen molar-refractivity contribution in [2.75, 3.05) is 32.8 Å². The molecule has 0 aromatic heterocycles. The summed E-state index contributed by atoms with van der Waals surface area (Å²) in [6, 6.07) is 0. The fraction of sp³-hybridized carbons (Fsp3) is 0.872. The van der Waals surface area contributed by atoms with E-state index in [9.17, 15) is 9.90 Å². The molecular weight excluding hydrogens is 546 g/mol. The van der Waals surface area contributed by atoms with Crippen molar-refractivity contribution in [3.63, 3.8) is 0 Å². The van der Waals surface area contributed by atoms with Gasteiger partial charge in [-0.25, -0.2) is 0 Å². The number of aliphatic hydroxyl groups excluding tert-OH is 1. The molecule has 0 spiro atoms.